The van der Waals surface area contributed by atoms with E-state index in [1.54, 1.807) is 17.2 Å². The van der Waals surface area contributed by atoms with Crippen LogP contribution in [0, 0.1) is 5.92 Å². The minimum atomic E-state index is -2.28. The smallest absolute Gasteiger partial charge is 0.244 e. The van der Waals surface area contributed by atoms with E-state index >= 15 is 4.39 Å². The van der Waals surface area contributed by atoms with Crippen molar-refractivity contribution in [1.82, 2.24) is 24.6 Å². The number of nitrogens with zero attached hydrogens (tertiary/aromatic N) is 5. The van der Waals surface area contributed by atoms with E-state index in [4.69, 9.17) is 4.43 Å². The first-order valence-corrected chi connectivity index (χ1v) is 16.2. The molecule has 1 saturated heterocycles. The third kappa shape index (κ3) is 5.97. The van der Waals surface area contributed by atoms with Gasteiger partial charge in [-0.15, -0.1) is 0 Å². The maximum atomic E-state index is 15.7. The van der Waals surface area contributed by atoms with E-state index in [9.17, 15) is 14.7 Å². The Morgan fingerprint density at radius 3 is 2.63 bits per heavy atom. The highest BCUT2D eigenvalue weighted by atomic mass is 28.4. The monoisotopic (exact) mass is 546 g/mol. The van der Waals surface area contributed by atoms with Crippen molar-refractivity contribution in [2.75, 3.05) is 25.0 Å². The van der Waals surface area contributed by atoms with Gasteiger partial charge in [0.05, 0.1) is 17.7 Å². The van der Waals surface area contributed by atoms with Crippen molar-refractivity contribution < 1.29 is 23.5 Å². The molecule has 10 nitrogen and oxygen atoms in total. The molecule has 4 atom stereocenters. The molecular weight excluding hydrogens is 507 g/mol. The summed E-state index contributed by atoms with van der Waals surface area (Å²) in [7, 11) is -2.28. The Morgan fingerprint density at radius 2 is 1.97 bits per heavy atom. The first-order chi connectivity index (χ1) is 17.9. The van der Waals surface area contributed by atoms with Crippen molar-refractivity contribution in [2.24, 2.45) is 5.92 Å². The van der Waals surface area contributed by atoms with Crippen molar-refractivity contribution in [3.8, 4) is 0 Å². The Kier molecular flexibility index (Phi) is 8.34. The fourth-order valence-electron chi connectivity index (χ4n) is 4.77. The average Bonchev–Trinajstić information content (AvgIpc) is 3.61. The average molecular weight is 547 g/mol. The number of aliphatic hydroxyl groups is 1. The van der Waals surface area contributed by atoms with Gasteiger partial charge >= 0.3 is 0 Å². The molecule has 3 heterocycles. The Hall–Kier alpha value is -2.70. The topological polar surface area (TPSA) is 122 Å². The summed E-state index contributed by atoms with van der Waals surface area (Å²) in [6.45, 7) is 11.8. The molecule has 1 aliphatic heterocycles. The maximum absolute atomic E-state index is 15.7. The fourth-order valence-corrected chi connectivity index (χ4v) is 6.13. The SMILES string of the molecule is CC(C)(C)[Si](C)(C)O[C@@H]1[C@@H](CO)C[C@@H](Nc2ncncc2C(=O)c2ccn(CC(=O)N3CCCC3)n2)[C@H]1F. The van der Waals surface area contributed by atoms with Gasteiger partial charge < -0.3 is 19.7 Å². The number of aliphatic hydroxyl groups excluding tert-OH is 1. The number of hydrogen-bond donors (Lipinski definition) is 2. The molecule has 2 fully saturated rings. The van der Waals surface area contributed by atoms with E-state index in [0.717, 1.165) is 25.9 Å². The molecule has 0 aromatic carbocycles. The number of alkyl halides is 1. The molecule has 1 amide bonds. The van der Waals surface area contributed by atoms with Gasteiger partial charge in [0.25, 0.3) is 0 Å². The fraction of sp³-hybridized carbons (Fsp3) is 0.654. The van der Waals surface area contributed by atoms with Gasteiger partial charge in [0, 0.05) is 38.0 Å². The molecule has 0 bridgehead atoms. The summed E-state index contributed by atoms with van der Waals surface area (Å²) in [5.41, 5.74) is 0.304. The van der Waals surface area contributed by atoms with E-state index in [1.165, 1.54) is 17.2 Å². The number of amides is 1. The zero-order valence-electron chi connectivity index (χ0n) is 22.9. The maximum Gasteiger partial charge on any atom is 0.244 e. The van der Waals surface area contributed by atoms with E-state index in [1.807, 2.05) is 0 Å². The van der Waals surface area contributed by atoms with Gasteiger partial charge in [-0.2, -0.15) is 5.10 Å². The number of carbonyl (C=O) groups is 2. The highest BCUT2D eigenvalue weighted by molar-refractivity contribution is 6.74. The molecule has 4 rings (SSSR count). The molecule has 2 aliphatic rings. The second-order valence-electron chi connectivity index (χ2n) is 11.8. The van der Waals surface area contributed by atoms with Gasteiger partial charge in [-0.3, -0.25) is 14.3 Å². The Morgan fingerprint density at radius 1 is 1.26 bits per heavy atom. The number of hydrogen-bond acceptors (Lipinski definition) is 8. The van der Waals surface area contributed by atoms with Crippen molar-refractivity contribution in [3.63, 3.8) is 0 Å². The van der Waals surface area contributed by atoms with E-state index < -0.39 is 32.4 Å². The molecule has 2 aromatic heterocycles. The van der Waals surface area contributed by atoms with Crippen molar-refractivity contribution in [3.05, 3.63) is 36.0 Å². The quantitative estimate of drug-likeness (QED) is 0.364. The number of nitrogens with one attached hydrogen (secondary N) is 1. The summed E-state index contributed by atoms with van der Waals surface area (Å²) in [6.07, 6.45) is 4.47. The van der Waals surface area contributed by atoms with Crippen LogP contribution in [0.4, 0.5) is 10.2 Å². The summed E-state index contributed by atoms with van der Waals surface area (Å²) < 4.78 is 23.6. The molecule has 0 spiro atoms. The minimum Gasteiger partial charge on any atom is -0.411 e. The molecule has 2 aromatic rings. The number of anilines is 1. The van der Waals surface area contributed by atoms with Crippen LogP contribution in [0.5, 0.6) is 0 Å². The van der Waals surface area contributed by atoms with E-state index in [0.29, 0.717) is 6.42 Å². The molecule has 1 aliphatic carbocycles. The summed E-state index contributed by atoms with van der Waals surface area (Å²) in [5, 5.41) is 17.3. The minimum absolute atomic E-state index is 0.0295. The highest BCUT2D eigenvalue weighted by Crippen LogP contribution is 2.42. The van der Waals surface area contributed by atoms with Crippen molar-refractivity contribution in [1.29, 1.82) is 0 Å². The number of halogens is 1. The molecule has 1 saturated carbocycles. The first kappa shape index (κ1) is 28.3. The zero-order chi connectivity index (χ0) is 27.7. The van der Waals surface area contributed by atoms with Crippen molar-refractivity contribution in [2.45, 2.75) is 83.0 Å². The Balaban J connectivity index is 1.47. The van der Waals surface area contributed by atoms with Crippen molar-refractivity contribution >= 4 is 25.8 Å². The lowest BCUT2D eigenvalue weighted by molar-refractivity contribution is -0.130. The Labute approximate surface area is 224 Å². The van der Waals surface area contributed by atoms with Crippen LogP contribution in [-0.4, -0.2) is 87.8 Å². The summed E-state index contributed by atoms with van der Waals surface area (Å²) in [5.74, 6) is -0.633. The van der Waals surface area contributed by atoms with Gasteiger partial charge in [-0.1, -0.05) is 20.8 Å². The van der Waals surface area contributed by atoms with Gasteiger partial charge in [-0.05, 0) is 43.5 Å². The molecule has 0 unspecified atom stereocenters. The molecule has 208 valence electrons. The molecule has 38 heavy (non-hydrogen) atoms. The summed E-state index contributed by atoms with van der Waals surface area (Å²) >= 11 is 0. The second-order valence-corrected chi connectivity index (χ2v) is 16.6. The second kappa shape index (κ2) is 11.2. The number of rotatable bonds is 9. The van der Waals surface area contributed by atoms with Gasteiger partial charge in [0.15, 0.2) is 8.32 Å². The van der Waals surface area contributed by atoms with Crippen LogP contribution in [0.1, 0.15) is 56.1 Å². The van der Waals surface area contributed by atoms with Crippen LogP contribution >= 0.6 is 0 Å². The molecular formula is C26H39FN6O4Si. The number of likely N-dealkylation sites (tertiary alicyclic amines) is 1. The lowest BCUT2D eigenvalue weighted by Crippen LogP contribution is -2.48. The number of carbonyl (C=O) groups excluding carboxylic acids is 2. The number of ketones is 1. The third-order valence-corrected chi connectivity index (χ3v) is 12.6. The van der Waals surface area contributed by atoms with Gasteiger partial charge in [0.1, 0.15) is 30.6 Å². The van der Waals surface area contributed by atoms with Crippen LogP contribution in [-0.2, 0) is 15.8 Å². The van der Waals surface area contributed by atoms with Crippen LogP contribution < -0.4 is 5.32 Å². The first-order valence-electron chi connectivity index (χ1n) is 13.3. The van der Waals surface area contributed by atoms with E-state index in [2.05, 4.69) is 54.2 Å². The number of aromatic nitrogens is 4. The zero-order valence-corrected chi connectivity index (χ0v) is 23.9. The van der Waals surface area contributed by atoms with Crippen LogP contribution in [0.15, 0.2) is 24.8 Å². The largest absolute Gasteiger partial charge is 0.411 e. The van der Waals surface area contributed by atoms with Gasteiger partial charge in [-0.25, -0.2) is 14.4 Å². The lowest BCUT2D eigenvalue weighted by Gasteiger charge is -2.40. The van der Waals surface area contributed by atoms with Crippen LogP contribution in [0.25, 0.3) is 0 Å². The molecule has 12 heteroatoms. The predicted molar refractivity (Wildman–Crippen MR) is 143 cm³/mol. The Bertz CT molecular complexity index is 1150. The lowest BCUT2D eigenvalue weighted by atomic mass is 10.1. The molecule has 2 N–H and O–H groups in total. The van der Waals surface area contributed by atoms with E-state index in [-0.39, 0.29) is 47.1 Å². The summed E-state index contributed by atoms with van der Waals surface area (Å²) in [6, 6.07) is 0.855. The van der Waals surface area contributed by atoms with Crippen LogP contribution in [0.2, 0.25) is 18.1 Å². The normalized spacial score (nSPS) is 24.1. The molecule has 0 radical (unpaired) electrons. The highest BCUT2D eigenvalue weighted by Gasteiger charge is 2.49. The van der Waals surface area contributed by atoms with Gasteiger partial charge in [0.2, 0.25) is 11.7 Å². The predicted octanol–water partition coefficient (Wildman–Crippen LogP) is 3.05. The third-order valence-electron chi connectivity index (χ3n) is 8.10. The standard InChI is InChI=1S/C26H39FN6O4Si/c1-26(2,3)38(4,5)37-24-17(15-34)12-20(22(24)27)30-25-18(13-28-16-29-25)23(36)19-8-11-33(31-19)14-21(35)32-9-6-7-10-32/h8,11,13,16-17,20,22,24,34H,6-7,9-10,12,14-15H2,1-5H3,(H,28,29,30)/t17-,20-,22-,24-/m1/s1. The van der Waals surface area contributed by atoms with Crippen LogP contribution in [0.3, 0.4) is 0 Å². The summed E-state index contributed by atoms with van der Waals surface area (Å²) in [4.78, 5) is 35.8.